The van der Waals surface area contributed by atoms with Crippen molar-refractivity contribution in [2.75, 3.05) is 58.4 Å². The van der Waals surface area contributed by atoms with Crippen LogP contribution >= 0.6 is 0 Å². The highest BCUT2D eigenvalue weighted by atomic mass is 28.4. The molecule has 0 spiro atoms. The topological polar surface area (TPSA) is 151 Å². The molecule has 2 aromatic heterocycles. The van der Waals surface area contributed by atoms with Gasteiger partial charge in [-0.3, -0.25) is 4.90 Å². The Balaban J connectivity index is 1.64. The number of aryl methyl sites for hydroxylation is 2. The molecule has 14 nitrogen and oxygen atoms in total. The molecule has 15 heteroatoms. The van der Waals surface area contributed by atoms with Crippen LogP contribution in [0.25, 0.3) is 22.6 Å². The molecule has 1 unspecified atom stereocenters. The molecule has 3 aromatic rings. The molecule has 1 N–H and O–H groups in total. The van der Waals surface area contributed by atoms with Crippen LogP contribution in [0.4, 0.5) is 15.4 Å². The molecule has 1 saturated heterocycles. The number of carbonyl (C=O) groups excluding carboxylic acids is 2. The van der Waals surface area contributed by atoms with Crippen molar-refractivity contribution in [3.63, 3.8) is 0 Å². The molecule has 2 atom stereocenters. The zero-order chi connectivity index (χ0) is 40.0. The largest absolute Gasteiger partial charge is 0.491 e. The maximum Gasteiger partial charge on any atom is 0.410 e. The predicted octanol–water partition coefficient (Wildman–Crippen LogP) is 7.63. The Bertz CT molecular complexity index is 1730. The van der Waals surface area contributed by atoms with Crippen molar-refractivity contribution in [1.82, 2.24) is 24.9 Å². The lowest BCUT2D eigenvalue weighted by Gasteiger charge is -2.40. The molecule has 4 rings (SSSR count). The van der Waals surface area contributed by atoms with E-state index in [4.69, 9.17) is 37.9 Å². The van der Waals surface area contributed by atoms with Crippen LogP contribution in [0.15, 0.2) is 28.8 Å². The fourth-order valence-electron chi connectivity index (χ4n) is 5.72. The fraction of sp³-hybridized carbons (Fsp3) is 0.615. The third kappa shape index (κ3) is 10.9. The highest BCUT2D eigenvalue weighted by Gasteiger charge is 2.40. The van der Waals surface area contributed by atoms with Crippen LogP contribution in [0.3, 0.4) is 0 Å². The summed E-state index contributed by atoms with van der Waals surface area (Å²) in [4.78, 5) is 38.9. The number of likely N-dealkylation sites (N-methyl/N-ethyl adjacent to an activating group) is 1. The molecule has 0 saturated carbocycles. The lowest BCUT2D eigenvalue weighted by molar-refractivity contribution is -0.00379. The van der Waals surface area contributed by atoms with Gasteiger partial charge in [-0.2, -0.15) is 0 Å². The number of hydrogen-bond donors (Lipinski definition) is 1. The SMILES string of the molecule is CCOC(=O)N1CCOC[C@@H]1CNc1nc(-c2cccc(OCC(CN(C)C(=O)OC(C)(C)C)O[Si](C)(C)C(C)(C)C)c2)nc(-c2c(C)noc2C)c1C. The zero-order valence-electron chi connectivity index (χ0n) is 34.4. The smallest absolute Gasteiger partial charge is 0.410 e. The van der Waals surface area contributed by atoms with E-state index in [0.717, 1.165) is 16.7 Å². The first-order valence-electron chi connectivity index (χ1n) is 18.6. The first-order chi connectivity index (χ1) is 25.2. The number of ether oxygens (including phenoxy) is 4. The van der Waals surface area contributed by atoms with Gasteiger partial charge in [-0.05, 0) is 78.7 Å². The molecule has 0 radical (unpaired) electrons. The summed E-state index contributed by atoms with van der Waals surface area (Å²) in [5, 5.41) is 7.61. The molecule has 0 bridgehead atoms. The Morgan fingerprint density at radius 2 is 1.83 bits per heavy atom. The van der Waals surface area contributed by atoms with Crippen molar-refractivity contribution in [3.8, 4) is 28.4 Å². The number of nitrogens with one attached hydrogen (secondary N) is 1. The second-order valence-electron chi connectivity index (χ2n) is 16.3. The highest BCUT2D eigenvalue weighted by Crippen LogP contribution is 2.38. The van der Waals surface area contributed by atoms with Gasteiger partial charge >= 0.3 is 12.2 Å². The number of rotatable bonds is 13. The second-order valence-corrected chi connectivity index (χ2v) is 21.0. The van der Waals surface area contributed by atoms with Crippen molar-refractivity contribution < 1.29 is 37.5 Å². The number of benzene rings is 1. The molecule has 298 valence electrons. The summed E-state index contributed by atoms with van der Waals surface area (Å²) in [6.07, 6.45) is -1.20. The summed E-state index contributed by atoms with van der Waals surface area (Å²) >= 11 is 0. The molecule has 54 heavy (non-hydrogen) atoms. The van der Waals surface area contributed by atoms with Gasteiger partial charge in [0.25, 0.3) is 0 Å². The van der Waals surface area contributed by atoms with E-state index in [1.165, 1.54) is 0 Å². The third-order valence-corrected chi connectivity index (χ3v) is 14.2. The summed E-state index contributed by atoms with van der Waals surface area (Å²) in [7, 11) is -0.531. The average molecular weight is 769 g/mol. The third-order valence-electron chi connectivity index (χ3n) is 9.63. The summed E-state index contributed by atoms with van der Waals surface area (Å²) in [5.41, 5.74) is 3.09. The van der Waals surface area contributed by atoms with Gasteiger partial charge in [-0.1, -0.05) is 38.1 Å². The number of morpholine rings is 1. The van der Waals surface area contributed by atoms with Crippen LogP contribution in [-0.2, 0) is 18.6 Å². The number of carbonyl (C=O) groups is 2. The van der Waals surface area contributed by atoms with E-state index in [9.17, 15) is 9.59 Å². The molecule has 0 aliphatic carbocycles. The standard InChI is InChI=1S/C39H60N6O8Si/c1-14-49-37(47)45-18-19-48-23-29(45)21-40-34-25(2)33(32-26(3)43-52-27(32)4)41-35(42-34)28-16-15-17-30(20-28)50-24-31(53-54(12,13)39(8,9)10)22-44(11)36(46)51-38(5,6)7/h15-17,20,29,31H,14,18-19,21-24H2,1-13H3,(H,40,41,42)/t29-,31?/m0/s1. The number of amides is 2. The van der Waals surface area contributed by atoms with Crippen molar-refractivity contribution in [3.05, 3.63) is 41.3 Å². The van der Waals surface area contributed by atoms with E-state index in [1.54, 1.807) is 23.8 Å². The first-order valence-corrected chi connectivity index (χ1v) is 21.5. The Kier molecular flexibility index (Phi) is 13.8. The van der Waals surface area contributed by atoms with Crippen molar-refractivity contribution in [2.45, 2.75) is 105 Å². The normalized spacial score (nSPS) is 15.8. The summed E-state index contributed by atoms with van der Waals surface area (Å²) < 4.78 is 35.4. The number of anilines is 1. The van der Waals surface area contributed by atoms with Crippen LogP contribution in [0, 0.1) is 20.8 Å². The quantitative estimate of drug-likeness (QED) is 0.170. The molecule has 1 aromatic carbocycles. The van der Waals surface area contributed by atoms with Crippen LogP contribution in [-0.4, -0.2) is 116 Å². The van der Waals surface area contributed by atoms with Gasteiger partial charge < -0.3 is 38.1 Å². The molecule has 2 amide bonds. The Labute approximate surface area is 321 Å². The second kappa shape index (κ2) is 17.5. The van der Waals surface area contributed by atoms with Gasteiger partial charge in [0, 0.05) is 31.3 Å². The number of aromatic nitrogens is 3. The van der Waals surface area contributed by atoms with Crippen molar-refractivity contribution in [2.24, 2.45) is 0 Å². The average Bonchev–Trinajstić information content (AvgIpc) is 3.42. The molecule has 3 heterocycles. The molecule has 1 aliphatic rings. The first kappa shape index (κ1) is 42.5. The van der Waals surface area contributed by atoms with Gasteiger partial charge in [0.05, 0.1) is 55.5 Å². The maximum absolute atomic E-state index is 12.9. The monoisotopic (exact) mass is 768 g/mol. The number of hydrogen-bond acceptors (Lipinski definition) is 12. The van der Waals surface area contributed by atoms with Gasteiger partial charge in [-0.15, -0.1) is 0 Å². The van der Waals surface area contributed by atoms with Gasteiger partial charge in [0.2, 0.25) is 0 Å². The Morgan fingerprint density at radius 1 is 1.11 bits per heavy atom. The van der Waals surface area contributed by atoms with E-state index >= 15 is 0 Å². The number of nitrogens with zero attached hydrogens (tertiary/aromatic N) is 5. The molecular weight excluding hydrogens is 709 g/mol. The minimum absolute atomic E-state index is 0.0514. The summed E-state index contributed by atoms with van der Waals surface area (Å²) in [5.74, 6) is 2.30. The molecular formula is C39H60N6O8Si. The van der Waals surface area contributed by atoms with Crippen LogP contribution in [0.5, 0.6) is 5.75 Å². The van der Waals surface area contributed by atoms with Gasteiger partial charge in [0.1, 0.15) is 29.5 Å². The van der Waals surface area contributed by atoms with E-state index in [2.05, 4.69) is 44.3 Å². The minimum Gasteiger partial charge on any atom is -0.491 e. The maximum atomic E-state index is 12.9. The van der Waals surface area contributed by atoms with E-state index in [0.29, 0.717) is 67.5 Å². The van der Waals surface area contributed by atoms with Crippen LogP contribution < -0.4 is 10.1 Å². The van der Waals surface area contributed by atoms with Crippen molar-refractivity contribution >= 4 is 26.3 Å². The van der Waals surface area contributed by atoms with Gasteiger partial charge in [0.15, 0.2) is 14.1 Å². The molecule has 1 fully saturated rings. The fourth-order valence-corrected chi connectivity index (χ4v) is 7.05. The zero-order valence-corrected chi connectivity index (χ0v) is 35.4. The van der Waals surface area contributed by atoms with Crippen LogP contribution in [0.1, 0.15) is 65.5 Å². The Morgan fingerprint density at radius 3 is 2.46 bits per heavy atom. The lowest BCUT2D eigenvalue weighted by atomic mass is 10.0. The van der Waals surface area contributed by atoms with Crippen LogP contribution in [0.2, 0.25) is 18.1 Å². The minimum atomic E-state index is -2.24. The van der Waals surface area contributed by atoms with Crippen molar-refractivity contribution in [1.29, 1.82) is 0 Å². The lowest BCUT2D eigenvalue weighted by Crippen LogP contribution is -2.52. The van der Waals surface area contributed by atoms with E-state index in [1.807, 2.05) is 65.8 Å². The predicted molar refractivity (Wildman–Crippen MR) is 210 cm³/mol. The summed E-state index contributed by atoms with van der Waals surface area (Å²) in [6, 6.07) is 7.33. The van der Waals surface area contributed by atoms with E-state index in [-0.39, 0.29) is 30.3 Å². The molecule has 1 aliphatic heterocycles. The summed E-state index contributed by atoms with van der Waals surface area (Å²) in [6.45, 7) is 26.3. The Hall–Kier alpha value is -4.21. The van der Waals surface area contributed by atoms with Gasteiger partial charge in [-0.25, -0.2) is 19.6 Å². The highest BCUT2D eigenvalue weighted by molar-refractivity contribution is 6.74. The van der Waals surface area contributed by atoms with E-state index < -0.39 is 26.1 Å².